The third-order valence-electron chi connectivity index (χ3n) is 4.41. The van der Waals surface area contributed by atoms with Gasteiger partial charge in [-0.3, -0.25) is 4.79 Å². The molecule has 0 radical (unpaired) electrons. The minimum Gasteiger partial charge on any atom is -0.316 e. The maximum Gasteiger partial charge on any atom is 0.227 e. The zero-order chi connectivity index (χ0) is 10.4. The molecule has 2 heteroatoms. The molecule has 2 unspecified atom stereocenters. The summed E-state index contributed by atoms with van der Waals surface area (Å²) in [6.07, 6.45) is 7.30. The first-order chi connectivity index (χ1) is 7.33. The van der Waals surface area contributed by atoms with Gasteiger partial charge in [-0.1, -0.05) is 12.8 Å². The molecular weight excluding hydrogens is 186 g/mol. The molecule has 0 spiro atoms. The summed E-state index contributed by atoms with van der Waals surface area (Å²) < 4.78 is 0. The molecule has 0 N–H and O–H groups in total. The Bertz CT molecular complexity index is 331. The summed E-state index contributed by atoms with van der Waals surface area (Å²) in [6, 6.07) is 0. The SMILES string of the molecule is CCN1C(=O)CCC2=C1C1CCCCC21. The van der Waals surface area contributed by atoms with Crippen molar-refractivity contribution >= 4 is 5.91 Å². The second-order valence-corrected chi connectivity index (χ2v) is 5.05. The summed E-state index contributed by atoms with van der Waals surface area (Å²) >= 11 is 0. The van der Waals surface area contributed by atoms with E-state index < -0.39 is 0 Å². The Morgan fingerprint density at radius 2 is 1.93 bits per heavy atom. The van der Waals surface area contributed by atoms with Crippen LogP contribution in [0.4, 0.5) is 0 Å². The largest absolute Gasteiger partial charge is 0.316 e. The summed E-state index contributed by atoms with van der Waals surface area (Å²) in [6.45, 7) is 2.98. The van der Waals surface area contributed by atoms with E-state index in [4.69, 9.17) is 0 Å². The van der Waals surface area contributed by atoms with E-state index in [-0.39, 0.29) is 0 Å². The van der Waals surface area contributed by atoms with Crippen LogP contribution in [0.3, 0.4) is 0 Å². The molecule has 0 bridgehead atoms. The molecule has 0 aromatic heterocycles. The topological polar surface area (TPSA) is 20.3 Å². The summed E-state index contributed by atoms with van der Waals surface area (Å²) in [5.41, 5.74) is 3.08. The second kappa shape index (κ2) is 3.36. The van der Waals surface area contributed by atoms with Crippen molar-refractivity contribution in [3.8, 4) is 0 Å². The summed E-state index contributed by atoms with van der Waals surface area (Å²) in [5.74, 6) is 1.97. The van der Waals surface area contributed by atoms with E-state index in [0.29, 0.717) is 5.91 Å². The van der Waals surface area contributed by atoms with Gasteiger partial charge in [0, 0.05) is 24.6 Å². The van der Waals surface area contributed by atoms with Crippen molar-refractivity contribution in [2.24, 2.45) is 11.8 Å². The molecule has 1 amide bonds. The van der Waals surface area contributed by atoms with Gasteiger partial charge in [-0.15, -0.1) is 0 Å². The van der Waals surface area contributed by atoms with Crippen LogP contribution in [0.15, 0.2) is 11.3 Å². The van der Waals surface area contributed by atoms with Crippen LogP contribution in [-0.2, 0) is 4.79 Å². The van der Waals surface area contributed by atoms with E-state index in [0.717, 1.165) is 31.2 Å². The Morgan fingerprint density at radius 3 is 2.67 bits per heavy atom. The average molecular weight is 205 g/mol. The first-order valence-electron chi connectivity index (χ1n) is 6.36. The minimum absolute atomic E-state index is 0.361. The molecule has 2 aliphatic carbocycles. The molecule has 0 aromatic rings. The number of fused-ring (bicyclic) bond motifs is 3. The number of allylic oxidation sites excluding steroid dienone is 2. The zero-order valence-corrected chi connectivity index (χ0v) is 9.46. The van der Waals surface area contributed by atoms with Gasteiger partial charge in [-0.05, 0) is 37.7 Å². The molecule has 3 aliphatic rings. The molecule has 3 rings (SSSR count). The van der Waals surface area contributed by atoms with E-state index in [9.17, 15) is 4.79 Å². The Balaban J connectivity index is 1.93. The molecule has 2 atom stereocenters. The van der Waals surface area contributed by atoms with E-state index in [1.165, 1.54) is 31.4 Å². The predicted octanol–water partition coefficient (Wildman–Crippen LogP) is 2.70. The number of likely N-dealkylation sites (tertiary alicyclic amines) is 1. The Labute approximate surface area is 91.3 Å². The van der Waals surface area contributed by atoms with E-state index in [2.05, 4.69) is 11.8 Å². The van der Waals surface area contributed by atoms with E-state index in [1.807, 2.05) is 0 Å². The van der Waals surface area contributed by atoms with Crippen LogP contribution >= 0.6 is 0 Å². The highest BCUT2D eigenvalue weighted by Gasteiger charge is 2.46. The summed E-state index contributed by atoms with van der Waals surface area (Å²) in [5, 5.41) is 0. The fourth-order valence-electron chi connectivity index (χ4n) is 3.75. The smallest absolute Gasteiger partial charge is 0.227 e. The molecule has 1 heterocycles. The summed E-state index contributed by atoms with van der Waals surface area (Å²) in [4.78, 5) is 13.8. The number of hydrogen-bond donors (Lipinski definition) is 0. The standard InChI is InChI=1S/C13H19NO/c1-2-14-12(15)8-7-11-9-5-3-4-6-10(9)13(11)14/h9-10H,2-8H2,1H3. The van der Waals surface area contributed by atoms with Gasteiger partial charge in [-0.2, -0.15) is 0 Å². The van der Waals surface area contributed by atoms with Gasteiger partial charge in [-0.25, -0.2) is 0 Å². The lowest BCUT2D eigenvalue weighted by Gasteiger charge is -2.51. The van der Waals surface area contributed by atoms with Crippen LogP contribution < -0.4 is 0 Å². The normalized spacial score (nSPS) is 34.7. The lowest BCUT2D eigenvalue weighted by Crippen LogP contribution is -2.47. The Morgan fingerprint density at radius 1 is 1.20 bits per heavy atom. The van der Waals surface area contributed by atoms with Gasteiger partial charge in [0.1, 0.15) is 0 Å². The Hall–Kier alpha value is -0.790. The van der Waals surface area contributed by atoms with Crippen LogP contribution in [0.2, 0.25) is 0 Å². The van der Waals surface area contributed by atoms with Crippen molar-refractivity contribution in [3.05, 3.63) is 11.3 Å². The first-order valence-corrected chi connectivity index (χ1v) is 6.36. The lowest BCUT2D eigenvalue weighted by molar-refractivity contribution is -0.131. The minimum atomic E-state index is 0.361. The third-order valence-corrected chi connectivity index (χ3v) is 4.41. The fourth-order valence-corrected chi connectivity index (χ4v) is 3.75. The average Bonchev–Trinajstić information content (AvgIpc) is 2.26. The first kappa shape index (κ1) is 9.44. The van der Waals surface area contributed by atoms with Crippen LogP contribution in [-0.4, -0.2) is 17.4 Å². The predicted molar refractivity (Wildman–Crippen MR) is 59.1 cm³/mol. The molecule has 1 fully saturated rings. The zero-order valence-electron chi connectivity index (χ0n) is 9.46. The lowest BCUT2D eigenvalue weighted by atomic mass is 9.61. The monoisotopic (exact) mass is 205 g/mol. The van der Waals surface area contributed by atoms with Gasteiger partial charge >= 0.3 is 0 Å². The molecule has 2 nitrogen and oxygen atoms in total. The number of rotatable bonds is 1. The maximum absolute atomic E-state index is 11.8. The maximum atomic E-state index is 11.8. The Kier molecular flexibility index (Phi) is 2.11. The van der Waals surface area contributed by atoms with Gasteiger partial charge in [0.25, 0.3) is 0 Å². The highest BCUT2D eigenvalue weighted by Crippen LogP contribution is 2.53. The van der Waals surface area contributed by atoms with Crippen molar-refractivity contribution in [2.45, 2.75) is 45.4 Å². The number of carbonyl (C=O) groups is 1. The van der Waals surface area contributed by atoms with Crippen molar-refractivity contribution in [1.29, 1.82) is 0 Å². The van der Waals surface area contributed by atoms with Crippen LogP contribution in [0.25, 0.3) is 0 Å². The van der Waals surface area contributed by atoms with Gasteiger partial charge in [0.05, 0.1) is 0 Å². The molecule has 82 valence electrons. The van der Waals surface area contributed by atoms with Gasteiger partial charge in [0.2, 0.25) is 5.91 Å². The van der Waals surface area contributed by atoms with Gasteiger partial charge in [0.15, 0.2) is 0 Å². The van der Waals surface area contributed by atoms with Crippen molar-refractivity contribution in [2.75, 3.05) is 6.54 Å². The molecule has 1 saturated carbocycles. The van der Waals surface area contributed by atoms with Crippen LogP contribution in [0.1, 0.15) is 45.4 Å². The van der Waals surface area contributed by atoms with E-state index >= 15 is 0 Å². The molecule has 15 heavy (non-hydrogen) atoms. The van der Waals surface area contributed by atoms with Crippen molar-refractivity contribution < 1.29 is 4.79 Å². The third kappa shape index (κ3) is 1.20. The molecular formula is C13H19NO. The number of carbonyl (C=O) groups excluding carboxylic acids is 1. The van der Waals surface area contributed by atoms with E-state index in [1.54, 1.807) is 5.57 Å². The molecule has 0 aromatic carbocycles. The number of nitrogens with zero attached hydrogens (tertiary/aromatic N) is 1. The number of hydrogen-bond acceptors (Lipinski definition) is 1. The van der Waals surface area contributed by atoms with Crippen molar-refractivity contribution in [3.63, 3.8) is 0 Å². The van der Waals surface area contributed by atoms with Crippen LogP contribution in [0, 0.1) is 11.8 Å². The quantitative estimate of drug-likeness (QED) is 0.644. The molecule has 0 saturated heterocycles. The summed E-state index contributed by atoms with van der Waals surface area (Å²) in [7, 11) is 0. The second-order valence-electron chi connectivity index (χ2n) is 5.05. The van der Waals surface area contributed by atoms with Crippen molar-refractivity contribution in [1.82, 2.24) is 4.90 Å². The van der Waals surface area contributed by atoms with Crippen LogP contribution in [0.5, 0.6) is 0 Å². The molecule has 1 aliphatic heterocycles. The highest BCUT2D eigenvalue weighted by molar-refractivity contribution is 5.81. The number of amides is 1. The fraction of sp³-hybridized carbons (Fsp3) is 0.769. The highest BCUT2D eigenvalue weighted by atomic mass is 16.2. The van der Waals surface area contributed by atoms with Gasteiger partial charge < -0.3 is 4.90 Å².